The van der Waals surface area contributed by atoms with Crippen molar-refractivity contribution in [1.82, 2.24) is 9.80 Å². The third-order valence-corrected chi connectivity index (χ3v) is 4.67. The first-order valence-electron chi connectivity index (χ1n) is 7.98. The molecule has 2 rings (SSSR count). The Morgan fingerprint density at radius 2 is 2.00 bits per heavy atom. The van der Waals surface area contributed by atoms with Gasteiger partial charge in [-0.05, 0) is 46.5 Å². The number of alkyl halides is 1. The molecule has 0 aliphatic carbocycles. The number of nitrogens with zero attached hydrogens (tertiary/aromatic N) is 2. The van der Waals surface area contributed by atoms with Gasteiger partial charge in [0.1, 0.15) is 12.0 Å². The number of aryl methyl sites for hydroxylation is 1. The second-order valence-corrected chi connectivity index (χ2v) is 6.67. The lowest BCUT2D eigenvalue weighted by molar-refractivity contribution is -0.119. The fraction of sp³-hybridized carbons (Fsp3) is 0.611. The number of benzene rings is 1. The second kappa shape index (κ2) is 7.34. The largest absolute Gasteiger partial charge is 0.303 e. The lowest BCUT2D eigenvalue weighted by atomic mass is 9.92. The average molecular weight is 306 g/mol. The van der Waals surface area contributed by atoms with Crippen LogP contribution in [0.3, 0.4) is 0 Å². The molecule has 0 saturated carbocycles. The first-order chi connectivity index (χ1) is 10.4. The highest BCUT2D eigenvalue weighted by atomic mass is 19.1. The number of hydrogen-bond donors (Lipinski definition) is 0. The van der Waals surface area contributed by atoms with Crippen molar-refractivity contribution in [2.24, 2.45) is 0 Å². The van der Waals surface area contributed by atoms with E-state index < -0.39 is 6.17 Å². The van der Waals surface area contributed by atoms with E-state index in [1.54, 1.807) is 6.92 Å². The summed E-state index contributed by atoms with van der Waals surface area (Å²) >= 11 is 0. The summed E-state index contributed by atoms with van der Waals surface area (Å²) in [5.41, 5.74) is 2.21. The summed E-state index contributed by atoms with van der Waals surface area (Å²) in [4.78, 5) is 16.1. The van der Waals surface area contributed by atoms with Crippen LogP contribution in [-0.4, -0.2) is 61.5 Å². The van der Waals surface area contributed by atoms with Crippen LogP contribution in [0, 0.1) is 6.92 Å². The summed E-state index contributed by atoms with van der Waals surface area (Å²) in [7, 11) is 3.86. The number of rotatable bonds is 5. The third-order valence-electron chi connectivity index (χ3n) is 4.67. The molecule has 0 aromatic heterocycles. The van der Waals surface area contributed by atoms with Gasteiger partial charge in [0.05, 0.1) is 5.92 Å². The van der Waals surface area contributed by atoms with Crippen LogP contribution in [0.1, 0.15) is 30.4 Å². The van der Waals surface area contributed by atoms with E-state index in [0.717, 1.165) is 18.5 Å². The van der Waals surface area contributed by atoms with Crippen molar-refractivity contribution in [3.63, 3.8) is 0 Å². The number of Topliss-reactive ketones (excluding diaryl/α,β-unsaturated/α-hetero) is 1. The summed E-state index contributed by atoms with van der Waals surface area (Å²) in [6.07, 6.45) is -0.0402. The minimum atomic E-state index is -0.852. The van der Waals surface area contributed by atoms with Gasteiger partial charge < -0.3 is 4.90 Å². The van der Waals surface area contributed by atoms with Gasteiger partial charge in [-0.25, -0.2) is 4.39 Å². The smallest absolute Gasteiger partial charge is 0.138 e. The molecule has 1 saturated heterocycles. The van der Waals surface area contributed by atoms with Crippen molar-refractivity contribution >= 4 is 5.78 Å². The monoisotopic (exact) mass is 306 g/mol. The van der Waals surface area contributed by atoms with Crippen LogP contribution in [0.5, 0.6) is 0 Å². The van der Waals surface area contributed by atoms with Crippen LogP contribution in [0.25, 0.3) is 0 Å². The quantitative estimate of drug-likeness (QED) is 0.835. The molecule has 122 valence electrons. The maximum atomic E-state index is 14.3. The Balaban J connectivity index is 2.03. The molecule has 1 aliphatic heterocycles. The molecule has 0 N–H and O–H groups in total. The lowest BCUT2D eigenvalue weighted by Gasteiger charge is -2.38. The molecule has 1 heterocycles. The standard InChI is InChI=1S/C18H27FN2O/c1-13-5-7-15(8-6-13)16(14(2)22)11-21-10-9-18(20(3)4)17(19)12-21/h5-8,16-18H,9-12H2,1-4H3/t16?,17-,18+/m0/s1. The molecule has 0 bridgehead atoms. The molecule has 1 aromatic carbocycles. The van der Waals surface area contributed by atoms with E-state index in [1.807, 2.05) is 50.2 Å². The van der Waals surface area contributed by atoms with Gasteiger partial charge in [0, 0.05) is 19.1 Å². The van der Waals surface area contributed by atoms with Crippen molar-refractivity contribution < 1.29 is 9.18 Å². The zero-order chi connectivity index (χ0) is 16.3. The van der Waals surface area contributed by atoms with Gasteiger partial charge >= 0.3 is 0 Å². The van der Waals surface area contributed by atoms with Crippen molar-refractivity contribution in [3.05, 3.63) is 35.4 Å². The van der Waals surface area contributed by atoms with E-state index in [0.29, 0.717) is 13.1 Å². The predicted octanol–water partition coefficient (Wildman–Crippen LogP) is 2.64. The lowest BCUT2D eigenvalue weighted by Crippen LogP contribution is -2.51. The Kier molecular flexibility index (Phi) is 5.70. The second-order valence-electron chi connectivity index (χ2n) is 6.67. The van der Waals surface area contributed by atoms with Gasteiger partial charge in [-0.2, -0.15) is 0 Å². The van der Waals surface area contributed by atoms with Crippen LogP contribution < -0.4 is 0 Å². The van der Waals surface area contributed by atoms with Crippen molar-refractivity contribution in [3.8, 4) is 0 Å². The Hall–Kier alpha value is -1.26. The van der Waals surface area contributed by atoms with Gasteiger partial charge in [-0.15, -0.1) is 0 Å². The van der Waals surface area contributed by atoms with E-state index in [9.17, 15) is 9.18 Å². The maximum absolute atomic E-state index is 14.3. The van der Waals surface area contributed by atoms with Crippen LogP contribution in [0.4, 0.5) is 4.39 Å². The van der Waals surface area contributed by atoms with Crippen LogP contribution in [-0.2, 0) is 4.79 Å². The van der Waals surface area contributed by atoms with Gasteiger partial charge in [0.15, 0.2) is 0 Å². The first-order valence-corrected chi connectivity index (χ1v) is 7.98. The molecule has 1 aromatic rings. The van der Waals surface area contributed by atoms with Crippen LogP contribution in [0.2, 0.25) is 0 Å². The zero-order valence-electron chi connectivity index (χ0n) is 14.1. The Morgan fingerprint density at radius 1 is 1.36 bits per heavy atom. The van der Waals surface area contributed by atoms with E-state index in [1.165, 1.54) is 5.56 Å². The van der Waals surface area contributed by atoms with E-state index >= 15 is 0 Å². The highest BCUT2D eigenvalue weighted by Crippen LogP contribution is 2.23. The fourth-order valence-electron chi connectivity index (χ4n) is 3.23. The van der Waals surface area contributed by atoms with Gasteiger partial charge in [-0.3, -0.25) is 9.69 Å². The topological polar surface area (TPSA) is 23.6 Å². The van der Waals surface area contributed by atoms with E-state index in [2.05, 4.69) is 4.90 Å². The highest BCUT2D eigenvalue weighted by molar-refractivity contribution is 5.83. The van der Waals surface area contributed by atoms with Gasteiger partial charge in [0.25, 0.3) is 0 Å². The molecule has 1 aliphatic rings. The van der Waals surface area contributed by atoms with Gasteiger partial charge in [-0.1, -0.05) is 29.8 Å². The van der Waals surface area contributed by atoms with E-state index in [-0.39, 0.29) is 17.7 Å². The van der Waals surface area contributed by atoms with Crippen molar-refractivity contribution in [1.29, 1.82) is 0 Å². The van der Waals surface area contributed by atoms with Crippen molar-refractivity contribution in [2.45, 2.75) is 38.4 Å². The Bertz CT molecular complexity index is 500. The minimum absolute atomic E-state index is 0.00796. The van der Waals surface area contributed by atoms with E-state index in [4.69, 9.17) is 0 Å². The molecule has 1 unspecified atom stereocenters. The summed E-state index contributed by atoms with van der Waals surface area (Å²) in [5, 5.41) is 0. The molecule has 3 atom stereocenters. The Morgan fingerprint density at radius 3 is 2.50 bits per heavy atom. The summed E-state index contributed by atoms with van der Waals surface area (Å²) < 4.78 is 14.3. The normalized spacial score (nSPS) is 24.5. The first kappa shape index (κ1) is 17.1. The predicted molar refractivity (Wildman–Crippen MR) is 88.0 cm³/mol. The third kappa shape index (κ3) is 4.14. The molecule has 0 radical (unpaired) electrons. The van der Waals surface area contributed by atoms with Gasteiger partial charge in [0.2, 0.25) is 0 Å². The number of hydrogen-bond acceptors (Lipinski definition) is 3. The molecule has 0 amide bonds. The number of likely N-dealkylation sites (tertiary alicyclic amines) is 1. The number of piperidine rings is 1. The maximum Gasteiger partial charge on any atom is 0.138 e. The Labute approximate surface area is 133 Å². The molecule has 4 heteroatoms. The molecular weight excluding hydrogens is 279 g/mol. The zero-order valence-corrected chi connectivity index (χ0v) is 14.1. The number of ketones is 1. The summed E-state index contributed by atoms with van der Waals surface area (Å²) in [5.74, 6) is -0.0160. The molecule has 0 spiro atoms. The molecule has 1 fully saturated rings. The number of carbonyl (C=O) groups excluding carboxylic acids is 1. The molecule has 22 heavy (non-hydrogen) atoms. The average Bonchev–Trinajstić information content (AvgIpc) is 2.45. The fourth-order valence-corrected chi connectivity index (χ4v) is 3.23. The van der Waals surface area contributed by atoms with Crippen LogP contribution >= 0.6 is 0 Å². The number of carbonyl (C=O) groups is 1. The molecular formula is C18H27FN2O. The molecule has 3 nitrogen and oxygen atoms in total. The van der Waals surface area contributed by atoms with Crippen LogP contribution in [0.15, 0.2) is 24.3 Å². The highest BCUT2D eigenvalue weighted by Gasteiger charge is 2.32. The summed E-state index contributed by atoms with van der Waals surface area (Å²) in [6, 6.07) is 8.08. The van der Waals surface area contributed by atoms with Crippen molar-refractivity contribution in [2.75, 3.05) is 33.7 Å². The SMILES string of the molecule is CC(=O)C(CN1CC[C@@H](N(C)C)[C@@H](F)C1)c1ccc(C)cc1. The summed E-state index contributed by atoms with van der Waals surface area (Å²) in [6.45, 7) is 5.53. The minimum Gasteiger partial charge on any atom is -0.303 e. The number of halogens is 1.